The Labute approximate surface area is 118 Å². The molecule has 17 heavy (non-hydrogen) atoms. The maximum atomic E-state index is 9.44. The molecule has 6 heteroatoms. The van der Waals surface area contributed by atoms with Crippen molar-refractivity contribution in [2.24, 2.45) is 0 Å². The SMILES string of the molecule is COCC(O)CCNCc1ncc(Br)cc1Br. The maximum Gasteiger partial charge on any atom is 0.0785 e. The van der Waals surface area contributed by atoms with Crippen LogP contribution in [-0.4, -0.2) is 36.5 Å². The summed E-state index contributed by atoms with van der Waals surface area (Å²) < 4.78 is 6.77. The van der Waals surface area contributed by atoms with Gasteiger partial charge >= 0.3 is 0 Å². The minimum Gasteiger partial charge on any atom is -0.391 e. The smallest absolute Gasteiger partial charge is 0.0785 e. The van der Waals surface area contributed by atoms with E-state index in [2.05, 4.69) is 42.2 Å². The molecule has 0 radical (unpaired) electrons. The molecular formula is C11H16Br2N2O2. The van der Waals surface area contributed by atoms with Crippen molar-refractivity contribution in [2.75, 3.05) is 20.3 Å². The topological polar surface area (TPSA) is 54.4 Å². The summed E-state index contributed by atoms with van der Waals surface area (Å²) in [4.78, 5) is 4.29. The fraction of sp³-hybridized carbons (Fsp3) is 0.545. The van der Waals surface area contributed by atoms with Crippen LogP contribution in [0.15, 0.2) is 21.2 Å². The quantitative estimate of drug-likeness (QED) is 0.724. The van der Waals surface area contributed by atoms with E-state index in [1.807, 2.05) is 6.07 Å². The van der Waals surface area contributed by atoms with Crippen molar-refractivity contribution in [3.8, 4) is 0 Å². The number of methoxy groups -OCH3 is 1. The van der Waals surface area contributed by atoms with Gasteiger partial charge < -0.3 is 15.2 Å². The molecule has 0 aliphatic rings. The second-order valence-electron chi connectivity index (χ2n) is 3.66. The van der Waals surface area contributed by atoms with Crippen LogP contribution in [0.5, 0.6) is 0 Å². The highest BCUT2D eigenvalue weighted by Crippen LogP contribution is 2.19. The third-order valence-corrected chi connectivity index (χ3v) is 3.31. The number of ether oxygens (including phenoxy) is 1. The lowest BCUT2D eigenvalue weighted by Gasteiger charge is -2.10. The summed E-state index contributed by atoms with van der Waals surface area (Å²) in [5.41, 5.74) is 0.953. The van der Waals surface area contributed by atoms with E-state index in [9.17, 15) is 5.11 Å². The molecule has 2 N–H and O–H groups in total. The second-order valence-corrected chi connectivity index (χ2v) is 5.43. The molecule has 1 rings (SSSR count). The van der Waals surface area contributed by atoms with Crippen molar-refractivity contribution in [3.63, 3.8) is 0 Å². The monoisotopic (exact) mass is 366 g/mol. The molecule has 1 aromatic heterocycles. The molecule has 0 fully saturated rings. The molecule has 0 aliphatic carbocycles. The van der Waals surface area contributed by atoms with Gasteiger partial charge in [0.25, 0.3) is 0 Å². The van der Waals surface area contributed by atoms with Crippen LogP contribution in [0, 0.1) is 0 Å². The number of pyridine rings is 1. The average Bonchev–Trinajstić information content (AvgIpc) is 2.27. The first-order valence-corrected chi connectivity index (χ1v) is 6.89. The van der Waals surface area contributed by atoms with Gasteiger partial charge in [0.1, 0.15) is 0 Å². The fourth-order valence-corrected chi connectivity index (χ4v) is 2.45. The van der Waals surface area contributed by atoms with Gasteiger partial charge in [-0.15, -0.1) is 0 Å². The van der Waals surface area contributed by atoms with Crippen LogP contribution in [0.1, 0.15) is 12.1 Å². The zero-order valence-corrected chi connectivity index (χ0v) is 12.8. The molecule has 0 bridgehead atoms. The number of aliphatic hydroxyl groups excluding tert-OH is 1. The number of rotatable bonds is 7. The van der Waals surface area contributed by atoms with Crippen molar-refractivity contribution < 1.29 is 9.84 Å². The zero-order valence-electron chi connectivity index (χ0n) is 9.62. The molecule has 0 saturated carbocycles. The summed E-state index contributed by atoms with van der Waals surface area (Å²) in [6.07, 6.45) is 2.03. The van der Waals surface area contributed by atoms with Crippen molar-refractivity contribution in [1.29, 1.82) is 0 Å². The van der Waals surface area contributed by atoms with Crippen LogP contribution in [0.2, 0.25) is 0 Å². The molecule has 1 atom stereocenters. The van der Waals surface area contributed by atoms with Gasteiger partial charge in [0.2, 0.25) is 0 Å². The summed E-state index contributed by atoms with van der Waals surface area (Å²) in [7, 11) is 1.58. The molecule has 1 heterocycles. The summed E-state index contributed by atoms with van der Waals surface area (Å²) >= 11 is 6.81. The van der Waals surface area contributed by atoms with Gasteiger partial charge in [0.15, 0.2) is 0 Å². The molecule has 1 aromatic rings. The van der Waals surface area contributed by atoms with Crippen LogP contribution in [-0.2, 0) is 11.3 Å². The highest BCUT2D eigenvalue weighted by molar-refractivity contribution is 9.11. The molecule has 0 aliphatic heterocycles. The molecule has 96 valence electrons. The van der Waals surface area contributed by atoms with Gasteiger partial charge in [-0.05, 0) is 50.9 Å². The normalized spacial score (nSPS) is 12.7. The predicted molar refractivity (Wildman–Crippen MR) is 73.8 cm³/mol. The van der Waals surface area contributed by atoms with Crippen molar-refractivity contribution in [2.45, 2.75) is 19.1 Å². The van der Waals surface area contributed by atoms with Crippen molar-refractivity contribution in [3.05, 3.63) is 26.9 Å². The third kappa shape index (κ3) is 5.92. The number of aliphatic hydroxyl groups is 1. The van der Waals surface area contributed by atoms with E-state index in [4.69, 9.17) is 4.74 Å². The van der Waals surface area contributed by atoms with Crippen LogP contribution in [0.4, 0.5) is 0 Å². The first kappa shape index (κ1) is 15.0. The Bertz CT molecular complexity index is 350. The molecule has 1 unspecified atom stereocenters. The predicted octanol–water partition coefficient (Wildman–Crippen LogP) is 2.09. The van der Waals surface area contributed by atoms with Gasteiger partial charge in [-0.25, -0.2) is 0 Å². The number of hydrogen-bond donors (Lipinski definition) is 2. The van der Waals surface area contributed by atoms with E-state index < -0.39 is 6.10 Å². The fourth-order valence-electron chi connectivity index (χ4n) is 1.32. The lowest BCUT2D eigenvalue weighted by atomic mass is 10.2. The Hall–Kier alpha value is -0.0100. The van der Waals surface area contributed by atoms with Gasteiger partial charge in [0.05, 0.1) is 18.4 Å². The standard InChI is InChI=1S/C11H16Br2N2O2/c1-17-7-9(16)2-3-14-6-11-10(13)4-8(12)5-15-11/h4-5,9,14,16H,2-3,6-7H2,1H3. The number of nitrogens with zero attached hydrogens (tertiary/aromatic N) is 1. The Morgan fingerprint density at radius 2 is 2.29 bits per heavy atom. The Kier molecular flexibility index (Phi) is 7.22. The van der Waals surface area contributed by atoms with E-state index in [0.29, 0.717) is 19.6 Å². The zero-order chi connectivity index (χ0) is 12.7. The molecule has 0 spiro atoms. The van der Waals surface area contributed by atoms with E-state index >= 15 is 0 Å². The third-order valence-electron chi connectivity index (χ3n) is 2.19. The molecule has 0 amide bonds. The Morgan fingerprint density at radius 3 is 2.94 bits per heavy atom. The van der Waals surface area contributed by atoms with Crippen molar-refractivity contribution in [1.82, 2.24) is 10.3 Å². The summed E-state index contributed by atoms with van der Waals surface area (Å²) in [6, 6.07) is 1.96. The van der Waals surface area contributed by atoms with E-state index in [1.165, 1.54) is 0 Å². The molecule has 4 nitrogen and oxygen atoms in total. The number of aromatic nitrogens is 1. The van der Waals surface area contributed by atoms with Gasteiger partial charge in [-0.1, -0.05) is 0 Å². The largest absolute Gasteiger partial charge is 0.391 e. The lowest BCUT2D eigenvalue weighted by molar-refractivity contribution is 0.0594. The Morgan fingerprint density at radius 1 is 1.53 bits per heavy atom. The maximum absolute atomic E-state index is 9.44. The van der Waals surface area contributed by atoms with Crippen LogP contribution >= 0.6 is 31.9 Å². The summed E-state index contributed by atoms with van der Waals surface area (Å²) in [5, 5.41) is 12.7. The number of nitrogens with one attached hydrogen (secondary N) is 1. The Balaban J connectivity index is 2.26. The van der Waals surface area contributed by atoms with Crippen LogP contribution < -0.4 is 5.32 Å². The minimum atomic E-state index is -0.409. The van der Waals surface area contributed by atoms with Crippen LogP contribution in [0.3, 0.4) is 0 Å². The number of halogens is 2. The highest BCUT2D eigenvalue weighted by atomic mass is 79.9. The molecule has 0 aromatic carbocycles. The van der Waals surface area contributed by atoms with E-state index in [-0.39, 0.29) is 0 Å². The average molecular weight is 368 g/mol. The molecular weight excluding hydrogens is 352 g/mol. The first-order chi connectivity index (χ1) is 8.13. The van der Waals surface area contributed by atoms with Crippen molar-refractivity contribution >= 4 is 31.9 Å². The summed E-state index contributed by atoms with van der Waals surface area (Å²) in [5.74, 6) is 0. The first-order valence-electron chi connectivity index (χ1n) is 5.31. The lowest BCUT2D eigenvalue weighted by Crippen LogP contribution is -2.23. The van der Waals surface area contributed by atoms with E-state index in [1.54, 1.807) is 13.3 Å². The van der Waals surface area contributed by atoms with Crippen LogP contribution in [0.25, 0.3) is 0 Å². The summed E-state index contributed by atoms with van der Waals surface area (Å²) in [6.45, 7) is 1.78. The van der Waals surface area contributed by atoms with Gasteiger partial charge in [-0.3, -0.25) is 4.98 Å². The van der Waals surface area contributed by atoms with Gasteiger partial charge in [0, 0.05) is 28.8 Å². The number of hydrogen-bond acceptors (Lipinski definition) is 4. The highest BCUT2D eigenvalue weighted by Gasteiger charge is 2.04. The second kappa shape index (κ2) is 8.16. The van der Waals surface area contributed by atoms with Gasteiger partial charge in [-0.2, -0.15) is 0 Å². The minimum absolute atomic E-state index is 0.377. The molecule has 0 saturated heterocycles. The van der Waals surface area contributed by atoms with E-state index in [0.717, 1.165) is 21.2 Å².